The van der Waals surface area contributed by atoms with E-state index in [0.717, 1.165) is 21.7 Å². The molecule has 3 aromatic rings. The van der Waals surface area contributed by atoms with Gasteiger partial charge in [-0.15, -0.1) is 0 Å². The number of pyridine rings is 1. The van der Waals surface area contributed by atoms with Gasteiger partial charge < -0.3 is 4.74 Å². The van der Waals surface area contributed by atoms with Crippen molar-refractivity contribution in [3.8, 4) is 5.75 Å². The molecular weight excluding hydrogens is 304 g/mol. The van der Waals surface area contributed by atoms with Crippen molar-refractivity contribution in [3.63, 3.8) is 0 Å². The lowest BCUT2D eigenvalue weighted by molar-refractivity contribution is 0.302. The third-order valence-electron chi connectivity index (χ3n) is 2.90. The zero-order valence-electron chi connectivity index (χ0n) is 10.5. The lowest BCUT2D eigenvalue weighted by Crippen LogP contribution is -1.95. The van der Waals surface area contributed by atoms with Crippen LogP contribution >= 0.6 is 15.9 Å². The molecule has 0 spiro atoms. The summed E-state index contributed by atoms with van der Waals surface area (Å²) in [6.45, 7) is 2.53. The van der Waals surface area contributed by atoms with Crippen LogP contribution in [0, 0.1) is 6.92 Å². The first kappa shape index (κ1) is 12.2. The third kappa shape index (κ3) is 2.63. The summed E-state index contributed by atoms with van der Waals surface area (Å²) < 4.78 is 8.70. The molecule has 0 fully saturated rings. The minimum atomic E-state index is 0.469. The van der Waals surface area contributed by atoms with Gasteiger partial charge in [-0.1, -0.05) is 23.8 Å². The topological polar surface area (TPSA) is 26.5 Å². The standard InChI is InChI=1S/C15H13BrN2O/c1-11-5-7-13(8-6-11)19-10-12-9-18-14(16)3-2-4-15(18)17-12/h2-9H,10H2,1H3. The van der Waals surface area contributed by atoms with Crippen LogP contribution in [0.4, 0.5) is 0 Å². The van der Waals surface area contributed by atoms with Crippen LogP contribution in [0.15, 0.2) is 53.3 Å². The van der Waals surface area contributed by atoms with Crippen molar-refractivity contribution in [3.05, 3.63) is 64.5 Å². The number of hydrogen-bond acceptors (Lipinski definition) is 2. The van der Waals surface area contributed by atoms with Crippen LogP contribution in [-0.4, -0.2) is 9.38 Å². The van der Waals surface area contributed by atoms with Gasteiger partial charge in [0.2, 0.25) is 0 Å². The molecule has 0 aliphatic carbocycles. The van der Waals surface area contributed by atoms with Gasteiger partial charge in [0, 0.05) is 6.20 Å². The van der Waals surface area contributed by atoms with E-state index in [0.29, 0.717) is 6.61 Å². The molecule has 96 valence electrons. The monoisotopic (exact) mass is 316 g/mol. The minimum absolute atomic E-state index is 0.469. The van der Waals surface area contributed by atoms with E-state index in [-0.39, 0.29) is 0 Å². The number of hydrogen-bond donors (Lipinski definition) is 0. The highest BCUT2D eigenvalue weighted by atomic mass is 79.9. The number of nitrogens with zero attached hydrogens (tertiary/aromatic N) is 2. The van der Waals surface area contributed by atoms with Crippen molar-refractivity contribution in [2.75, 3.05) is 0 Å². The maximum Gasteiger partial charge on any atom is 0.138 e. The van der Waals surface area contributed by atoms with Crippen LogP contribution in [0.1, 0.15) is 11.3 Å². The predicted molar refractivity (Wildman–Crippen MR) is 78.4 cm³/mol. The van der Waals surface area contributed by atoms with E-state index in [4.69, 9.17) is 4.74 Å². The van der Waals surface area contributed by atoms with E-state index in [1.807, 2.05) is 53.1 Å². The average molecular weight is 317 g/mol. The summed E-state index contributed by atoms with van der Waals surface area (Å²) in [7, 11) is 0. The molecule has 2 aromatic heterocycles. The molecule has 0 radical (unpaired) electrons. The van der Waals surface area contributed by atoms with E-state index in [1.165, 1.54) is 5.56 Å². The van der Waals surface area contributed by atoms with Crippen LogP contribution < -0.4 is 4.74 Å². The van der Waals surface area contributed by atoms with Gasteiger partial charge >= 0.3 is 0 Å². The van der Waals surface area contributed by atoms with Crippen molar-refractivity contribution in [2.24, 2.45) is 0 Å². The van der Waals surface area contributed by atoms with Gasteiger partial charge in [0.05, 0.1) is 10.3 Å². The Morgan fingerprint density at radius 3 is 2.68 bits per heavy atom. The Hall–Kier alpha value is -1.81. The quantitative estimate of drug-likeness (QED) is 0.683. The number of aryl methyl sites for hydroxylation is 1. The van der Waals surface area contributed by atoms with Crippen molar-refractivity contribution in [1.29, 1.82) is 0 Å². The molecule has 3 rings (SSSR count). The zero-order chi connectivity index (χ0) is 13.2. The third-order valence-corrected chi connectivity index (χ3v) is 3.55. The molecule has 1 aromatic carbocycles. The molecule has 0 amide bonds. The zero-order valence-corrected chi connectivity index (χ0v) is 12.1. The van der Waals surface area contributed by atoms with E-state index >= 15 is 0 Å². The maximum absolute atomic E-state index is 5.73. The van der Waals surface area contributed by atoms with Gasteiger partial charge in [-0.2, -0.15) is 0 Å². The first-order chi connectivity index (χ1) is 9.22. The minimum Gasteiger partial charge on any atom is -0.487 e. The number of ether oxygens (including phenoxy) is 1. The number of benzene rings is 1. The second kappa shape index (κ2) is 5.05. The van der Waals surface area contributed by atoms with Gasteiger partial charge in [0.15, 0.2) is 0 Å². The van der Waals surface area contributed by atoms with Gasteiger partial charge in [0.25, 0.3) is 0 Å². The van der Waals surface area contributed by atoms with Crippen LogP contribution in [-0.2, 0) is 6.61 Å². The number of fused-ring (bicyclic) bond motifs is 1. The molecule has 19 heavy (non-hydrogen) atoms. The summed E-state index contributed by atoms with van der Waals surface area (Å²) in [5, 5.41) is 0. The summed E-state index contributed by atoms with van der Waals surface area (Å²) in [5.74, 6) is 0.863. The number of halogens is 1. The van der Waals surface area contributed by atoms with Crippen molar-refractivity contribution in [2.45, 2.75) is 13.5 Å². The highest BCUT2D eigenvalue weighted by Gasteiger charge is 2.04. The Balaban J connectivity index is 1.78. The second-order valence-corrected chi connectivity index (χ2v) is 5.22. The lowest BCUT2D eigenvalue weighted by Gasteiger charge is -2.03. The van der Waals surface area contributed by atoms with E-state index in [1.54, 1.807) is 0 Å². The molecule has 0 saturated heterocycles. The SMILES string of the molecule is Cc1ccc(OCc2cn3c(Br)cccc3n2)cc1. The van der Waals surface area contributed by atoms with Crippen molar-refractivity contribution >= 4 is 21.6 Å². The van der Waals surface area contributed by atoms with Crippen molar-refractivity contribution in [1.82, 2.24) is 9.38 Å². The molecule has 4 heteroatoms. The Bertz CT molecular complexity index is 704. The largest absolute Gasteiger partial charge is 0.487 e. The first-order valence-corrected chi connectivity index (χ1v) is 6.84. The molecule has 0 aliphatic heterocycles. The molecule has 0 atom stereocenters. The fraction of sp³-hybridized carbons (Fsp3) is 0.133. The molecule has 0 N–H and O–H groups in total. The molecule has 0 bridgehead atoms. The van der Waals surface area contributed by atoms with Crippen LogP contribution in [0.3, 0.4) is 0 Å². The highest BCUT2D eigenvalue weighted by molar-refractivity contribution is 9.10. The van der Waals surface area contributed by atoms with Gasteiger partial charge in [-0.25, -0.2) is 4.98 Å². The molecule has 0 saturated carbocycles. The maximum atomic E-state index is 5.73. The van der Waals surface area contributed by atoms with E-state index in [9.17, 15) is 0 Å². The highest BCUT2D eigenvalue weighted by Crippen LogP contribution is 2.16. The number of rotatable bonds is 3. The molecule has 0 unspecified atom stereocenters. The Morgan fingerprint density at radius 1 is 1.16 bits per heavy atom. The summed E-state index contributed by atoms with van der Waals surface area (Å²) in [6.07, 6.45) is 1.98. The second-order valence-electron chi connectivity index (χ2n) is 4.41. The van der Waals surface area contributed by atoms with Crippen LogP contribution in [0.25, 0.3) is 5.65 Å². The molecule has 0 aliphatic rings. The normalized spacial score (nSPS) is 10.8. The number of imidazole rings is 1. The van der Waals surface area contributed by atoms with E-state index < -0.39 is 0 Å². The lowest BCUT2D eigenvalue weighted by atomic mass is 10.2. The smallest absolute Gasteiger partial charge is 0.138 e. The Kier molecular flexibility index (Phi) is 3.25. The molecule has 3 nitrogen and oxygen atoms in total. The summed E-state index contributed by atoms with van der Waals surface area (Å²) in [4.78, 5) is 4.51. The summed E-state index contributed by atoms with van der Waals surface area (Å²) >= 11 is 3.50. The average Bonchev–Trinajstić information content (AvgIpc) is 2.83. The van der Waals surface area contributed by atoms with E-state index in [2.05, 4.69) is 27.8 Å². The van der Waals surface area contributed by atoms with Gasteiger partial charge in [-0.05, 0) is 47.1 Å². The number of aromatic nitrogens is 2. The molecule has 2 heterocycles. The Morgan fingerprint density at radius 2 is 1.95 bits per heavy atom. The van der Waals surface area contributed by atoms with Crippen LogP contribution in [0.5, 0.6) is 5.75 Å². The Labute approximate surface area is 120 Å². The van der Waals surface area contributed by atoms with Crippen molar-refractivity contribution < 1.29 is 4.74 Å². The summed E-state index contributed by atoms with van der Waals surface area (Å²) in [6, 6.07) is 13.9. The van der Waals surface area contributed by atoms with Crippen LogP contribution in [0.2, 0.25) is 0 Å². The fourth-order valence-electron chi connectivity index (χ4n) is 1.89. The molecular formula is C15H13BrN2O. The predicted octanol–water partition coefficient (Wildman–Crippen LogP) is 3.98. The van der Waals surface area contributed by atoms with Gasteiger partial charge in [0.1, 0.15) is 18.0 Å². The summed E-state index contributed by atoms with van der Waals surface area (Å²) in [5.41, 5.74) is 3.05. The van der Waals surface area contributed by atoms with Gasteiger partial charge in [-0.3, -0.25) is 4.40 Å². The first-order valence-electron chi connectivity index (χ1n) is 6.04. The fourth-order valence-corrected chi connectivity index (χ4v) is 2.33.